The second-order valence-corrected chi connectivity index (χ2v) is 1.53. The van der Waals surface area contributed by atoms with Crippen molar-refractivity contribution >= 4 is 18.9 Å². The number of rotatable bonds is 3. The molecular formula is C5H9NOS. The average Bonchev–Trinajstić information content (AvgIpc) is 1.83. The summed E-state index contributed by atoms with van der Waals surface area (Å²) < 4.78 is 0. The van der Waals surface area contributed by atoms with Gasteiger partial charge >= 0.3 is 0 Å². The van der Waals surface area contributed by atoms with Gasteiger partial charge in [0.05, 0.1) is 0 Å². The molecule has 0 aromatic carbocycles. The Kier molecular flexibility index (Phi) is 4.45. The van der Waals surface area contributed by atoms with Crippen molar-refractivity contribution in [1.82, 2.24) is 5.32 Å². The van der Waals surface area contributed by atoms with Crippen LogP contribution in [0.2, 0.25) is 0 Å². The molecular weight excluding hydrogens is 122 g/mol. The molecule has 2 nitrogen and oxygen atoms in total. The Labute approximate surface area is 54.4 Å². The molecule has 0 unspecified atom stereocenters. The van der Waals surface area contributed by atoms with E-state index in [1.807, 2.05) is 0 Å². The third-order valence-electron chi connectivity index (χ3n) is 0.780. The van der Waals surface area contributed by atoms with Crippen molar-refractivity contribution in [3.8, 4) is 0 Å². The van der Waals surface area contributed by atoms with Gasteiger partial charge in [-0.25, -0.2) is 0 Å². The number of carbonyl (C=O) groups excluding carboxylic acids is 1. The van der Waals surface area contributed by atoms with Gasteiger partial charge < -0.3 is 10.1 Å². The van der Waals surface area contributed by atoms with Crippen molar-refractivity contribution in [1.29, 1.82) is 0 Å². The van der Waals surface area contributed by atoms with Crippen LogP contribution in [-0.4, -0.2) is 13.3 Å². The number of hydrogen-bond donors (Lipinski definition) is 2. The highest BCUT2D eigenvalue weighted by atomic mass is 32.1. The van der Waals surface area contributed by atoms with E-state index in [1.54, 1.807) is 12.5 Å². The SMILES string of the molecule is CN/C(=C\S)CC=O. The number of hydrogen-bond acceptors (Lipinski definition) is 3. The van der Waals surface area contributed by atoms with E-state index in [1.165, 1.54) is 0 Å². The van der Waals surface area contributed by atoms with Crippen LogP contribution in [0.5, 0.6) is 0 Å². The third kappa shape index (κ3) is 2.69. The number of nitrogens with one attached hydrogen (secondary N) is 1. The summed E-state index contributed by atoms with van der Waals surface area (Å²) in [7, 11) is 1.76. The van der Waals surface area contributed by atoms with Gasteiger partial charge in [0, 0.05) is 19.2 Å². The van der Waals surface area contributed by atoms with E-state index in [-0.39, 0.29) is 0 Å². The predicted octanol–water partition coefficient (Wildman–Crippen LogP) is 0.566. The molecule has 0 aromatic heterocycles. The highest BCUT2D eigenvalue weighted by Gasteiger charge is 1.86. The van der Waals surface area contributed by atoms with Gasteiger partial charge in [0.2, 0.25) is 0 Å². The summed E-state index contributed by atoms with van der Waals surface area (Å²) in [6, 6.07) is 0. The van der Waals surface area contributed by atoms with E-state index in [0.717, 1.165) is 12.0 Å². The van der Waals surface area contributed by atoms with Crippen LogP contribution in [-0.2, 0) is 4.79 Å². The predicted molar refractivity (Wildman–Crippen MR) is 36.8 cm³/mol. The maximum absolute atomic E-state index is 9.82. The van der Waals surface area contributed by atoms with Gasteiger partial charge in [-0.1, -0.05) is 0 Å². The van der Waals surface area contributed by atoms with Crippen LogP contribution in [0.15, 0.2) is 11.1 Å². The van der Waals surface area contributed by atoms with Crippen LogP contribution in [0.4, 0.5) is 0 Å². The van der Waals surface area contributed by atoms with E-state index in [9.17, 15) is 4.79 Å². The molecule has 0 aliphatic carbocycles. The number of thiol groups is 1. The summed E-state index contributed by atoms with van der Waals surface area (Å²) in [6.45, 7) is 0. The fraction of sp³-hybridized carbons (Fsp3) is 0.400. The maximum atomic E-state index is 9.82. The smallest absolute Gasteiger partial charge is 0.125 e. The first-order valence-corrected chi connectivity index (χ1v) is 2.81. The first-order chi connectivity index (χ1) is 3.85. The van der Waals surface area contributed by atoms with Crippen LogP contribution in [0.3, 0.4) is 0 Å². The molecule has 0 atom stereocenters. The summed E-state index contributed by atoms with van der Waals surface area (Å²) in [5.74, 6) is 0. The van der Waals surface area contributed by atoms with E-state index < -0.39 is 0 Å². The van der Waals surface area contributed by atoms with Crippen LogP contribution in [0.1, 0.15) is 6.42 Å². The Morgan fingerprint density at radius 1 is 1.88 bits per heavy atom. The average molecular weight is 131 g/mol. The molecule has 8 heavy (non-hydrogen) atoms. The fourth-order valence-corrected chi connectivity index (χ4v) is 0.544. The molecule has 0 saturated carbocycles. The molecule has 46 valence electrons. The first kappa shape index (κ1) is 7.56. The second kappa shape index (κ2) is 4.71. The van der Waals surface area contributed by atoms with Crippen molar-refractivity contribution in [2.45, 2.75) is 6.42 Å². The molecule has 0 aromatic rings. The molecule has 0 heterocycles. The number of aldehydes is 1. The topological polar surface area (TPSA) is 29.1 Å². The van der Waals surface area contributed by atoms with Crippen LogP contribution >= 0.6 is 12.6 Å². The van der Waals surface area contributed by atoms with Gasteiger partial charge in [-0.15, -0.1) is 12.6 Å². The van der Waals surface area contributed by atoms with Gasteiger partial charge in [-0.3, -0.25) is 0 Å². The Morgan fingerprint density at radius 3 is 2.62 bits per heavy atom. The molecule has 1 N–H and O–H groups in total. The lowest BCUT2D eigenvalue weighted by Gasteiger charge is -1.96. The summed E-state index contributed by atoms with van der Waals surface area (Å²) >= 11 is 3.85. The molecule has 0 saturated heterocycles. The molecule has 0 spiro atoms. The Bertz CT molecular complexity index is 101. The van der Waals surface area contributed by atoms with Gasteiger partial charge in [-0.2, -0.15) is 0 Å². The molecule has 3 heteroatoms. The summed E-state index contributed by atoms with van der Waals surface area (Å²) in [5.41, 5.74) is 0.836. The minimum atomic E-state index is 0.417. The zero-order valence-corrected chi connectivity index (χ0v) is 5.61. The normalized spacial score (nSPS) is 11.0. The van der Waals surface area contributed by atoms with Crippen LogP contribution < -0.4 is 5.32 Å². The molecule has 0 aliphatic rings. The molecule has 0 amide bonds. The molecule has 0 rings (SSSR count). The van der Waals surface area contributed by atoms with Crippen molar-refractivity contribution in [3.63, 3.8) is 0 Å². The largest absolute Gasteiger partial charge is 0.391 e. The number of allylic oxidation sites excluding steroid dienone is 1. The van der Waals surface area contributed by atoms with E-state index >= 15 is 0 Å². The van der Waals surface area contributed by atoms with E-state index in [2.05, 4.69) is 17.9 Å². The number of carbonyl (C=O) groups is 1. The molecule has 0 radical (unpaired) electrons. The first-order valence-electron chi connectivity index (χ1n) is 2.29. The van der Waals surface area contributed by atoms with Crippen molar-refractivity contribution in [2.75, 3.05) is 7.05 Å². The van der Waals surface area contributed by atoms with Crippen molar-refractivity contribution in [2.24, 2.45) is 0 Å². The monoisotopic (exact) mass is 131 g/mol. The Morgan fingerprint density at radius 2 is 2.50 bits per heavy atom. The third-order valence-corrected chi connectivity index (χ3v) is 1.09. The molecule has 0 fully saturated rings. The highest BCUT2D eigenvalue weighted by Crippen LogP contribution is 1.92. The lowest BCUT2D eigenvalue weighted by molar-refractivity contribution is -0.107. The molecule has 0 bridgehead atoms. The summed E-state index contributed by atoms with van der Waals surface area (Å²) in [4.78, 5) is 9.82. The quantitative estimate of drug-likeness (QED) is 0.433. The molecule has 0 aliphatic heterocycles. The Balaban J connectivity index is 3.53. The minimum Gasteiger partial charge on any atom is -0.391 e. The summed E-state index contributed by atoms with van der Waals surface area (Å²) in [5, 5.41) is 4.38. The minimum absolute atomic E-state index is 0.417. The van der Waals surface area contributed by atoms with E-state index in [4.69, 9.17) is 0 Å². The van der Waals surface area contributed by atoms with Gasteiger partial charge in [0.1, 0.15) is 6.29 Å². The fourth-order valence-electron chi connectivity index (χ4n) is 0.309. The van der Waals surface area contributed by atoms with Crippen molar-refractivity contribution < 1.29 is 4.79 Å². The van der Waals surface area contributed by atoms with Gasteiger partial charge in [0.15, 0.2) is 0 Å². The van der Waals surface area contributed by atoms with Crippen molar-refractivity contribution in [3.05, 3.63) is 11.1 Å². The zero-order chi connectivity index (χ0) is 6.41. The Hall–Kier alpha value is -0.440. The highest BCUT2D eigenvalue weighted by molar-refractivity contribution is 7.83. The standard InChI is InChI=1S/C5H9NOS/c1-6-5(4-8)2-3-7/h3-4,6,8H,2H2,1H3/b5-4-. The lowest BCUT2D eigenvalue weighted by atomic mass is 10.4. The van der Waals surface area contributed by atoms with Crippen LogP contribution in [0.25, 0.3) is 0 Å². The lowest BCUT2D eigenvalue weighted by Crippen LogP contribution is -2.04. The zero-order valence-electron chi connectivity index (χ0n) is 4.72. The summed E-state index contributed by atoms with van der Waals surface area (Å²) in [6.07, 6.45) is 1.25. The van der Waals surface area contributed by atoms with Gasteiger partial charge in [0.25, 0.3) is 0 Å². The second-order valence-electron chi connectivity index (χ2n) is 1.28. The van der Waals surface area contributed by atoms with Gasteiger partial charge in [-0.05, 0) is 5.41 Å². The van der Waals surface area contributed by atoms with E-state index in [0.29, 0.717) is 6.42 Å². The maximum Gasteiger partial charge on any atom is 0.125 e. The van der Waals surface area contributed by atoms with Crippen LogP contribution in [0, 0.1) is 0 Å².